The van der Waals surface area contributed by atoms with Crippen LogP contribution in [0.4, 0.5) is 0 Å². The number of rotatable bonds is 4. The third-order valence-electron chi connectivity index (χ3n) is 3.17. The van der Waals surface area contributed by atoms with Crippen molar-refractivity contribution >= 4 is 26.0 Å². The minimum atomic E-state index is -3.55. The number of benzene rings is 1. The van der Waals surface area contributed by atoms with Crippen LogP contribution >= 0.6 is 15.9 Å². The zero-order valence-electron chi connectivity index (χ0n) is 11.5. The Morgan fingerprint density at radius 3 is 2.60 bits per heavy atom. The number of hydrogen-bond acceptors (Lipinski definition) is 3. The van der Waals surface area contributed by atoms with E-state index in [1.165, 1.54) is 0 Å². The lowest BCUT2D eigenvalue weighted by atomic mass is 10.2. The van der Waals surface area contributed by atoms with E-state index in [9.17, 15) is 8.42 Å². The van der Waals surface area contributed by atoms with E-state index in [4.69, 9.17) is 0 Å². The van der Waals surface area contributed by atoms with Crippen LogP contribution in [0, 0.1) is 13.8 Å². The van der Waals surface area contributed by atoms with Gasteiger partial charge in [-0.1, -0.05) is 6.07 Å². The Hall–Kier alpha value is -1.18. The highest BCUT2D eigenvalue weighted by Gasteiger charge is 2.18. The summed E-state index contributed by atoms with van der Waals surface area (Å²) in [5, 5.41) is 4.09. The molecule has 1 aromatic carbocycles. The summed E-state index contributed by atoms with van der Waals surface area (Å²) in [6, 6.07) is 5.15. The Labute approximate surface area is 127 Å². The van der Waals surface area contributed by atoms with Crippen molar-refractivity contribution in [2.45, 2.75) is 25.3 Å². The van der Waals surface area contributed by atoms with E-state index in [0.29, 0.717) is 4.47 Å². The van der Waals surface area contributed by atoms with Crippen LogP contribution in [0.1, 0.15) is 16.8 Å². The van der Waals surface area contributed by atoms with Gasteiger partial charge in [0.25, 0.3) is 0 Å². The van der Waals surface area contributed by atoms with Crippen LogP contribution in [0.3, 0.4) is 0 Å². The SMILES string of the molecule is Cc1ccc(S(=O)(=O)NCc2cnn(C)c2C)c(Br)c1. The van der Waals surface area contributed by atoms with Crippen molar-refractivity contribution in [3.63, 3.8) is 0 Å². The molecule has 0 unspecified atom stereocenters. The first-order valence-electron chi connectivity index (χ1n) is 6.04. The van der Waals surface area contributed by atoms with Gasteiger partial charge in [-0.05, 0) is 47.5 Å². The van der Waals surface area contributed by atoms with Crippen molar-refractivity contribution in [2.75, 3.05) is 0 Å². The first kappa shape index (κ1) is 15.2. The first-order chi connectivity index (χ1) is 9.31. The van der Waals surface area contributed by atoms with Gasteiger partial charge < -0.3 is 0 Å². The summed E-state index contributed by atoms with van der Waals surface area (Å²) < 4.78 is 29.4. The molecule has 5 nitrogen and oxygen atoms in total. The van der Waals surface area contributed by atoms with Crippen LogP contribution in [0.25, 0.3) is 0 Å². The van der Waals surface area contributed by atoms with Crippen molar-refractivity contribution in [1.82, 2.24) is 14.5 Å². The van der Waals surface area contributed by atoms with Crippen molar-refractivity contribution in [3.8, 4) is 0 Å². The van der Waals surface area contributed by atoms with E-state index in [1.807, 2.05) is 20.9 Å². The van der Waals surface area contributed by atoms with Crippen LogP contribution < -0.4 is 4.72 Å². The number of sulfonamides is 1. The standard InChI is InChI=1S/C13H16BrN3O2S/c1-9-4-5-13(12(14)6-9)20(18,19)16-8-11-7-15-17(3)10(11)2/h4-7,16H,8H2,1-3H3. The second-order valence-corrected chi connectivity index (χ2v) is 7.23. The molecular weight excluding hydrogens is 342 g/mol. The molecule has 0 atom stereocenters. The van der Waals surface area contributed by atoms with E-state index in [1.54, 1.807) is 29.1 Å². The van der Waals surface area contributed by atoms with E-state index in [2.05, 4.69) is 25.8 Å². The van der Waals surface area contributed by atoms with Crippen LogP contribution in [0.15, 0.2) is 33.8 Å². The fraction of sp³-hybridized carbons (Fsp3) is 0.308. The zero-order chi connectivity index (χ0) is 14.9. The number of nitrogens with zero attached hydrogens (tertiary/aromatic N) is 2. The molecule has 0 aliphatic heterocycles. The summed E-state index contributed by atoms with van der Waals surface area (Å²) in [5.74, 6) is 0. The lowest BCUT2D eigenvalue weighted by molar-refractivity contribution is 0.580. The highest BCUT2D eigenvalue weighted by atomic mass is 79.9. The van der Waals surface area contributed by atoms with Crippen LogP contribution in [-0.4, -0.2) is 18.2 Å². The predicted octanol–water partition coefficient (Wildman–Crippen LogP) is 2.28. The molecule has 0 aliphatic carbocycles. The van der Waals surface area contributed by atoms with E-state index >= 15 is 0 Å². The van der Waals surface area contributed by atoms with Gasteiger partial charge >= 0.3 is 0 Å². The molecular formula is C13H16BrN3O2S. The molecule has 2 aromatic rings. The van der Waals surface area contributed by atoms with Crippen molar-refractivity contribution < 1.29 is 8.42 Å². The van der Waals surface area contributed by atoms with E-state index < -0.39 is 10.0 Å². The van der Waals surface area contributed by atoms with Gasteiger partial charge in [-0.3, -0.25) is 4.68 Å². The average Bonchev–Trinajstić information content (AvgIpc) is 2.67. The molecule has 0 radical (unpaired) electrons. The van der Waals surface area contributed by atoms with E-state index in [-0.39, 0.29) is 11.4 Å². The van der Waals surface area contributed by atoms with Gasteiger partial charge in [-0.15, -0.1) is 0 Å². The van der Waals surface area contributed by atoms with Gasteiger partial charge in [-0.25, -0.2) is 13.1 Å². The molecule has 0 spiro atoms. The average molecular weight is 358 g/mol. The first-order valence-corrected chi connectivity index (χ1v) is 8.32. The lowest BCUT2D eigenvalue weighted by Gasteiger charge is -2.09. The van der Waals surface area contributed by atoms with Gasteiger partial charge in [-0.2, -0.15) is 5.10 Å². The molecule has 0 saturated heterocycles. The monoisotopic (exact) mass is 357 g/mol. The lowest BCUT2D eigenvalue weighted by Crippen LogP contribution is -2.23. The van der Waals surface area contributed by atoms with Crippen LogP contribution in [0.5, 0.6) is 0 Å². The minimum absolute atomic E-state index is 0.225. The van der Waals surface area contributed by atoms with Gasteiger partial charge in [0.05, 0.1) is 11.1 Å². The van der Waals surface area contributed by atoms with Crippen molar-refractivity contribution in [2.24, 2.45) is 7.05 Å². The molecule has 2 rings (SSSR count). The zero-order valence-corrected chi connectivity index (χ0v) is 13.9. The highest BCUT2D eigenvalue weighted by molar-refractivity contribution is 9.10. The molecule has 20 heavy (non-hydrogen) atoms. The topological polar surface area (TPSA) is 64.0 Å². The summed E-state index contributed by atoms with van der Waals surface area (Å²) in [7, 11) is -1.72. The number of halogens is 1. The largest absolute Gasteiger partial charge is 0.273 e. The molecule has 1 heterocycles. The highest BCUT2D eigenvalue weighted by Crippen LogP contribution is 2.23. The molecule has 0 bridgehead atoms. The van der Waals surface area contributed by atoms with E-state index in [0.717, 1.165) is 16.8 Å². The van der Waals surface area contributed by atoms with Gasteiger partial charge in [0.2, 0.25) is 10.0 Å². The third-order valence-corrected chi connectivity index (χ3v) is 5.54. The fourth-order valence-corrected chi connectivity index (χ4v) is 3.99. The Bertz CT molecular complexity index is 738. The maximum Gasteiger partial charge on any atom is 0.241 e. The number of hydrogen-bond donors (Lipinski definition) is 1. The van der Waals surface area contributed by atoms with Gasteiger partial charge in [0.15, 0.2) is 0 Å². The maximum atomic E-state index is 12.3. The maximum absolute atomic E-state index is 12.3. The molecule has 1 aromatic heterocycles. The van der Waals surface area contributed by atoms with Gasteiger partial charge in [0, 0.05) is 29.3 Å². The number of nitrogens with one attached hydrogen (secondary N) is 1. The predicted molar refractivity (Wildman–Crippen MR) is 80.8 cm³/mol. The number of aromatic nitrogens is 2. The third kappa shape index (κ3) is 3.11. The Morgan fingerprint density at radius 2 is 2.05 bits per heavy atom. The molecule has 1 N–H and O–H groups in total. The molecule has 0 aliphatic rings. The molecule has 7 heteroatoms. The minimum Gasteiger partial charge on any atom is -0.273 e. The summed E-state index contributed by atoms with van der Waals surface area (Å²) in [6.45, 7) is 4.04. The Balaban J connectivity index is 2.21. The van der Waals surface area contributed by atoms with Crippen LogP contribution in [-0.2, 0) is 23.6 Å². The normalized spacial score (nSPS) is 11.8. The summed E-state index contributed by atoms with van der Waals surface area (Å²) in [5.41, 5.74) is 2.80. The van der Waals surface area contributed by atoms with Gasteiger partial charge in [0.1, 0.15) is 0 Å². The molecule has 0 amide bonds. The van der Waals surface area contributed by atoms with Crippen molar-refractivity contribution in [3.05, 3.63) is 45.7 Å². The summed E-state index contributed by atoms with van der Waals surface area (Å²) in [4.78, 5) is 0.240. The Kier molecular flexibility index (Phi) is 4.31. The number of aryl methyl sites for hydroxylation is 2. The second-order valence-electron chi connectivity index (χ2n) is 4.64. The molecule has 0 fully saturated rings. The summed E-state index contributed by atoms with van der Waals surface area (Å²) >= 11 is 3.29. The quantitative estimate of drug-likeness (QED) is 0.912. The smallest absolute Gasteiger partial charge is 0.241 e. The molecule has 108 valence electrons. The fourth-order valence-electron chi connectivity index (χ4n) is 1.79. The summed E-state index contributed by atoms with van der Waals surface area (Å²) in [6.07, 6.45) is 1.67. The van der Waals surface area contributed by atoms with Crippen molar-refractivity contribution in [1.29, 1.82) is 0 Å². The Morgan fingerprint density at radius 1 is 1.35 bits per heavy atom. The molecule has 0 saturated carbocycles. The van der Waals surface area contributed by atoms with Crippen LogP contribution in [0.2, 0.25) is 0 Å². The second kappa shape index (κ2) is 5.67.